The fourth-order valence-electron chi connectivity index (χ4n) is 2.67. The maximum absolute atomic E-state index is 12.2. The van der Waals surface area contributed by atoms with Crippen molar-refractivity contribution in [2.45, 2.75) is 6.61 Å². The minimum absolute atomic E-state index is 0.0445. The fraction of sp³-hybridized carbons (Fsp3) is 0.389. The van der Waals surface area contributed by atoms with Gasteiger partial charge in [-0.25, -0.2) is 14.8 Å². The van der Waals surface area contributed by atoms with Crippen LogP contribution in [0.2, 0.25) is 0 Å². The zero-order valence-corrected chi connectivity index (χ0v) is 14.2. The first-order valence-corrected chi connectivity index (χ1v) is 8.49. The molecule has 0 saturated carbocycles. The Morgan fingerprint density at radius 3 is 2.48 bits per heavy atom. The van der Waals surface area contributed by atoms with Crippen molar-refractivity contribution in [1.29, 1.82) is 0 Å². The van der Waals surface area contributed by atoms with Crippen LogP contribution in [-0.4, -0.2) is 60.2 Å². The van der Waals surface area contributed by atoms with E-state index in [4.69, 9.17) is 4.74 Å². The lowest BCUT2D eigenvalue weighted by molar-refractivity contribution is 0.121. The van der Waals surface area contributed by atoms with Crippen molar-refractivity contribution >= 4 is 12.0 Å². The molecule has 1 fully saturated rings. The molecule has 1 aliphatic rings. The molecular formula is C18H23N5O2. The average molecular weight is 341 g/mol. The molecule has 1 saturated heterocycles. The second-order valence-corrected chi connectivity index (χ2v) is 5.79. The number of carbonyl (C=O) groups is 1. The van der Waals surface area contributed by atoms with Gasteiger partial charge >= 0.3 is 6.03 Å². The first-order valence-electron chi connectivity index (χ1n) is 8.49. The molecule has 25 heavy (non-hydrogen) atoms. The number of anilines is 1. The zero-order valence-electron chi connectivity index (χ0n) is 14.2. The van der Waals surface area contributed by atoms with Crippen LogP contribution in [0.15, 0.2) is 48.8 Å². The van der Waals surface area contributed by atoms with Gasteiger partial charge in [0, 0.05) is 45.1 Å². The molecule has 1 aromatic heterocycles. The Morgan fingerprint density at radius 2 is 1.76 bits per heavy atom. The van der Waals surface area contributed by atoms with E-state index < -0.39 is 0 Å². The van der Waals surface area contributed by atoms with E-state index in [2.05, 4.69) is 20.2 Å². The number of amides is 2. The summed E-state index contributed by atoms with van der Waals surface area (Å²) < 4.78 is 5.57. The van der Waals surface area contributed by atoms with Crippen LogP contribution in [0, 0.1) is 0 Å². The maximum atomic E-state index is 12.2. The highest BCUT2D eigenvalue weighted by Gasteiger charge is 2.21. The minimum atomic E-state index is -0.0445. The fourth-order valence-corrected chi connectivity index (χ4v) is 2.67. The second-order valence-electron chi connectivity index (χ2n) is 5.79. The first-order chi connectivity index (χ1) is 12.3. The SMILES string of the molecule is O=C(NCCOCc1ccccc1)N1CCN(c2ncccn2)CC1. The lowest BCUT2D eigenvalue weighted by atomic mass is 10.2. The summed E-state index contributed by atoms with van der Waals surface area (Å²) >= 11 is 0. The third-order valence-corrected chi connectivity index (χ3v) is 4.04. The highest BCUT2D eigenvalue weighted by atomic mass is 16.5. The highest BCUT2D eigenvalue weighted by molar-refractivity contribution is 5.74. The van der Waals surface area contributed by atoms with E-state index in [1.165, 1.54) is 0 Å². The van der Waals surface area contributed by atoms with Crippen molar-refractivity contribution in [2.75, 3.05) is 44.2 Å². The van der Waals surface area contributed by atoms with Crippen LogP contribution >= 0.6 is 0 Å². The first kappa shape index (κ1) is 17.2. The smallest absolute Gasteiger partial charge is 0.317 e. The third-order valence-electron chi connectivity index (χ3n) is 4.04. The summed E-state index contributed by atoms with van der Waals surface area (Å²) in [5.74, 6) is 0.719. The van der Waals surface area contributed by atoms with Crippen molar-refractivity contribution in [1.82, 2.24) is 20.2 Å². The van der Waals surface area contributed by atoms with Crippen LogP contribution < -0.4 is 10.2 Å². The lowest BCUT2D eigenvalue weighted by Gasteiger charge is -2.34. The third kappa shape index (κ3) is 5.15. The monoisotopic (exact) mass is 341 g/mol. The molecule has 0 radical (unpaired) electrons. The van der Waals surface area contributed by atoms with Crippen molar-refractivity contribution in [3.05, 3.63) is 54.4 Å². The molecular weight excluding hydrogens is 318 g/mol. The molecule has 2 amide bonds. The zero-order chi connectivity index (χ0) is 17.3. The summed E-state index contributed by atoms with van der Waals surface area (Å²) in [6, 6.07) is 11.8. The van der Waals surface area contributed by atoms with Crippen LogP contribution in [0.5, 0.6) is 0 Å². The number of piperazine rings is 1. The number of ether oxygens (including phenoxy) is 1. The standard InChI is InChI=1S/C18H23N5O2/c24-18(21-9-14-25-15-16-5-2-1-3-6-16)23-12-10-22(11-13-23)17-19-7-4-8-20-17/h1-8H,9-15H2,(H,21,24). The van der Waals surface area contributed by atoms with E-state index in [1.807, 2.05) is 35.2 Å². The van der Waals surface area contributed by atoms with E-state index in [0.29, 0.717) is 32.8 Å². The van der Waals surface area contributed by atoms with Crippen LogP contribution in [0.1, 0.15) is 5.56 Å². The molecule has 7 heteroatoms. The van der Waals surface area contributed by atoms with E-state index in [9.17, 15) is 4.79 Å². The molecule has 2 heterocycles. The average Bonchev–Trinajstić information content (AvgIpc) is 2.69. The Balaban J connectivity index is 1.31. The number of rotatable bonds is 6. The summed E-state index contributed by atoms with van der Waals surface area (Å²) in [7, 11) is 0. The van der Waals surface area contributed by atoms with Gasteiger partial charge < -0.3 is 19.9 Å². The number of hydrogen-bond acceptors (Lipinski definition) is 5. The van der Waals surface area contributed by atoms with Crippen LogP contribution in [0.25, 0.3) is 0 Å². The van der Waals surface area contributed by atoms with Crippen molar-refractivity contribution in [2.24, 2.45) is 0 Å². The van der Waals surface area contributed by atoms with Gasteiger partial charge in [-0.3, -0.25) is 0 Å². The van der Waals surface area contributed by atoms with Gasteiger partial charge in [0.1, 0.15) is 0 Å². The summed E-state index contributed by atoms with van der Waals surface area (Å²) in [4.78, 5) is 24.6. The quantitative estimate of drug-likeness (QED) is 0.807. The largest absolute Gasteiger partial charge is 0.375 e. The molecule has 0 bridgehead atoms. The Kier molecular flexibility index (Phi) is 6.17. The van der Waals surface area contributed by atoms with Crippen LogP contribution in [0.3, 0.4) is 0 Å². The van der Waals surface area contributed by atoms with Gasteiger partial charge in [-0.1, -0.05) is 30.3 Å². The number of benzene rings is 1. The van der Waals surface area contributed by atoms with E-state index >= 15 is 0 Å². The summed E-state index contributed by atoms with van der Waals surface area (Å²) in [5, 5.41) is 2.91. The number of urea groups is 1. The molecule has 0 aliphatic carbocycles. The molecule has 0 atom stereocenters. The van der Waals surface area contributed by atoms with Crippen molar-refractivity contribution < 1.29 is 9.53 Å². The Hall–Kier alpha value is -2.67. The van der Waals surface area contributed by atoms with Gasteiger partial charge in [-0.2, -0.15) is 0 Å². The summed E-state index contributed by atoms with van der Waals surface area (Å²) in [6.07, 6.45) is 3.47. The highest BCUT2D eigenvalue weighted by Crippen LogP contribution is 2.09. The number of aromatic nitrogens is 2. The molecule has 132 valence electrons. The Morgan fingerprint density at radius 1 is 1.04 bits per heavy atom. The lowest BCUT2D eigenvalue weighted by Crippen LogP contribution is -2.52. The predicted octanol–water partition coefficient (Wildman–Crippen LogP) is 1.52. The summed E-state index contributed by atoms with van der Waals surface area (Å²) in [6.45, 7) is 4.37. The van der Waals surface area contributed by atoms with Gasteiger partial charge in [0.15, 0.2) is 0 Å². The molecule has 2 aromatic rings. The minimum Gasteiger partial charge on any atom is -0.375 e. The van der Waals surface area contributed by atoms with Crippen LogP contribution in [0.4, 0.5) is 10.7 Å². The molecule has 1 N–H and O–H groups in total. The normalized spacial score (nSPS) is 14.4. The van der Waals surface area contributed by atoms with Gasteiger partial charge in [0.05, 0.1) is 13.2 Å². The molecule has 7 nitrogen and oxygen atoms in total. The predicted molar refractivity (Wildman–Crippen MR) is 95.3 cm³/mol. The molecule has 1 aliphatic heterocycles. The Bertz CT molecular complexity index is 645. The molecule has 3 rings (SSSR count). The molecule has 0 spiro atoms. The van der Waals surface area contributed by atoms with Crippen molar-refractivity contribution in [3.63, 3.8) is 0 Å². The molecule has 1 aromatic carbocycles. The maximum Gasteiger partial charge on any atom is 0.317 e. The van der Waals surface area contributed by atoms with Gasteiger partial charge in [0.2, 0.25) is 5.95 Å². The van der Waals surface area contributed by atoms with Gasteiger partial charge in [-0.05, 0) is 11.6 Å². The summed E-state index contributed by atoms with van der Waals surface area (Å²) in [5.41, 5.74) is 1.13. The van der Waals surface area contributed by atoms with Crippen molar-refractivity contribution in [3.8, 4) is 0 Å². The number of nitrogens with zero attached hydrogens (tertiary/aromatic N) is 4. The number of hydrogen-bond donors (Lipinski definition) is 1. The topological polar surface area (TPSA) is 70.6 Å². The van der Waals surface area contributed by atoms with Gasteiger partial charge in [0.25, 0.3) is 0 Å². The van der Waals surface area contributed by atoms with E-state index in [0.717, 1.165) is 24.6 Å². The van der Waals surface area contributed by atoms with Crippen LogP contribution in [-0.2, 0) is 11.3 Å². The molecule has 0 unspecified atom stereocenters. The number of nitrogens with one attached hydrogen (secondary N) is 1. The Labute approximate surface area is 147 Å². The number of carbonyl (C=O) groups excluding carboxylic acids is 1. The van der Waals surface area contributed by atoms with E-state index in [-0.39, 0.29) is 6.03 Å². The van der Waals surface area contributed by atoms with E-state index in [1.54, 1.807) is 18.5 Å². The van der Waals surface area contributed by atoms with Gasteiger partial charge in [-0.15, -0.1) is 0 Å². The second kappa shape index (κ2) is 8.98.